The van der Waals surface area contributed by atoms with Crippen molar-refractivity contribution >= 4 is 5.96 Å². The number of hydrogen-bond donors (Lipinski definition) is 3. The third kappa shape index (κ3) is 7.34. The van der Waals surface area contributed by atoms with E-state index in [0.717, 1.165) is 50.9 Å². The molecule has 0 spiro atoms. The number of aliphatic hydroxyl groups is 1. The molecule has 1 aromatic rings. The summed E-state index contributed by atoms with van der Waals surface area (Å²) in [5, 5.41) is 17.0. The molecule has 0 aromatic heterocycles. The third-order valence-electron chi connectivity index (χ3n) is 4.73. The number of aliphatic imine (C=N–C) groups is 1. The van der Waals surface area contributed by atoms with Crippen molar-refractivity contribution in [3.05, 3.63) is 35.4 Å². The monoisotopic (exact) mass is 360 g/mol. The molecule has 5 heteroatoms. The van der Waals surface area contributed by atoms with Crippen molar-refractivity contribution in [2.45, 2.75) is 52.7 Å². The van der Waals surface area contributed by atoms with Crippen molar-refractivity contribution in [3.63, 3.8) is 0 Å². The molecular weight excluding hydrogens is 324 g/mol. The molecule has 0 radical (unpaired) electrons. The first-order valence-electron chi connectivity index (χ1n) is 10.1. The Bertz CT molecular complexity index is 559. The van der Waals surface area contributed by atoms with Gasteiger partial charge >= 0.3 is 0 Å². The zero-order valence-corrected chi connectivity index (χ0v) is 16.7. The van der Waals surface area contributed by atoms with E-state index in [0.29, 0.717) is 13.1 Å². The average Bonchev–Trinajstić information content (AvgIpc) is 2.63. The van der Waals surface area contributed by atoms with Gasteiger partial charge in [-0.25, -0.2) is 0 Å². The van der Waals surface area contributed by atoms with Crippen LogP contribution in [0.2, 0.25) is 0 Å². The van der Waals surface area contributed by atoms with Crippen LogP contribution in [0.1, 0.15) is 44.7 Å². The molecule has 1 heterocycles. The highest BCUT2D eigenvalue weighted by Gasteiger charge is 2.18. The van der Waals surface area contributed by atoms with E-state index in [9.17, 15) is 5.11 Å². The normalized spacial score (nSPS) is 16.4. The van der Waals surface area contributed by atoms with Gasteiger partial charge in [0, 0.05) is 32.7 Å². The standard InChI is InChI=1S/C21H36N4O/c1-4-22-21(23-12-7-8-17(2)3)24-14-20(26)16-25-13-11-18-9-5-6-10-19(18)15-25/h5-6,9-10,17,20,26H,4,7-8,11-16H2,1-3H3,(H2,22,23,24). The van der Waals surface area contributed by atoms with Crippen LogP contribution in [0.4, 0.5) is 0 Å². The molecule has 0 saturated heterocycles. The van der Waals surface area contributed by atoms with Crippen molar-refractivity contribution in [1.29, 1.82) is 0 Å². The van der Waals surface area contributed by atoms with Gasteiger partial charge in [0.15, 0.2) is 5.96 Å². The van der Waals surface area contributed by atoms with Crippen LogP contribution in [-0.4, -0.2) is 54.8 Å². The molecule has 26 heavy (non-hydrogen) atoms. The summed E-state index contributed by atoms with van der Waals surface area (Å²) in [5.74, 6) is 1.53. The minimum atomic E-state index is -0.439. The van der Waals surface area contributed by atoms with E-state index in [1.165, 1.54) is 17.5 Å². The van der Waals surface area contributed by atoms with Crippen molar-refractivity contribution < 1.29 is 5.11 Å². The minimum absolute atomic E-state index is 0.428. The summed E-state index contributed by atoms with van der Waals surface area (Å²) in [7, 11) is 0. The number of guanidine groups is 1. The van der Waals surface area contributed by atoms with Gasteiger partial charge in [0.2, 0.25) is 0 Å². The van der Waals surface area contributed by atoms with Crippen LogP contribution in [0.5, 0.6) is 0 Å². The third-order valence-corrected chi connectivity index (χ3v) is 4.73. The minimum Gasteiger partial charge on any atom is -0.390 e. The summed E-state index contributed by atoms with van der Waals surface area (Å²) in [4.78, 5) is 6.88. The molecule has 0 amide bonds. The van der Waals surface area contributed by atoms with Crippen LogP contribution < -0.4 is 10.6 Å². The number of aliphatic hydroxyl groups excluding tert-OH is 1. The Balaban J connectivity index is 1.76. The molecule has 1 aliphatic heterocycles. The second-order valence-electron chi connectivity index (χ2n) is 7.59. The predicted molar refractivity (Wildman–Crippen MR) is 109 cm³/mol. The maximum Gasteiger partial charge on any atom is 0.191 e. The Morgan fingerprint density at radius 3 is 2.73 bits per heavy atom. The number of nitrogens with one attached hydrogen (secondary N) is 2. The van der Waals surface area contributed by atoms with Crippen LogP contribution in [0.25, 0.3) is 0 Å². The highest BCUT2D eigenvalue weighted by molar-refractivity contribution is 5.79. The Labute approximate surface area is 158 Å². The molecule has 0 bridgehead atoms. The van der Waals surface area contributed by atoms with Gasteiger partial charge in [-0.15, -0.1) is 0 Å². The van der Waals surface area contributed by atoms with Crippen molar-refractivity contribution in [3.8, 4) is 0 Å². The fourth-order valence-corrected chi connectivity index (χ4v) is 3.32. The summed E-state index contributed by atoms with van der Waals surface area (Å²) in [5.41, 5.74) is 2.82. The maximum atomic E-state index is 10.4. The zero-order valence-electron chi connectivity index (χ0n) is 16.7. The smallest absolute Gasteiger partial charge is 0.191 e. The Morgan fingerprint density at radius 1 is 1.23 bits per heavy atom. The van der Waals surface area contributed by atoms with E-state index in [1.807, 2.05) is 0 Å². The SMILES string of the molecule is CCNC(=NCC(O)CN1CCc2ccccc2C1)NCCCC(C)C. The van der Waals surface area contributed by atoms with E-state index >= 15 is 0 Å². The molecule has 2 rings (SSSR count). The van der Waals surface area contributed by atoms with Crippen molar-refractivity contribution in [1.82, 2.24) is 15.5 Å². The first-order chi connectivity index (χ1) is 12.6. The van der Waals surface area contributed by atoms with Crippen LogP contribution in [0, 0.1) is 5.92 Å². The molecule has 146 valence electrons. The lowest BCUT2D eigenvalue weighted by Gasteiger charge is -2.30. The maximum absolute atomic E-state index is 10.4. The van der Waals surface area contributed by atoms with Crippen LogP contribution in [0.3, 0.4) is 0 Å². The van der Waals surface area contributed by atoms with Gasteiger partial charge < -0.3 is 15.7 Å². The fourth-order valence-electron chi connectivity index (χ4n) is 3.32. The molecule has 1 aromatic carbocycles. The molecule has 0 fully saturated rings. The highest BCUT2D eigenvalue weighted by Crippen LogP contribution is 2.18. The first kappa shape index (κ1) is 20.7. The molecule has 3 N–H and O–H groups in total. The highest BCUT2D eigenvalue weighted by atomic mass is 16.3. The Morgan fingerprint density at radius 2 is 2.00 bits per heavy atom. The molecular formula is C21H36N4O. The Hall–Kier alpha value is -1.59. The summed E-state index contributed by atoms with van der Waals surface area (Å²) < 4.78 is 0. The number of hydrogen-bond acceptors (Lipinski definition) is 3. The Kier molecular flexibility index (Phi) is 8.92. The zero-order chi connectivity index (χ0) is 18.8. The quantitative estimate of drug-likeness (QED) is 0.360. The van der Waals surface area contributed by atoms with Gasteiger partial charge in [-0.2, -0.15) is 0 Å². The van der Waals surface area contributed by atoms with Gasteiger partial charge in [0.1, 0.15) is 0 Å². The van der Waals surface area contributed by atoms with Crippen LogP contribution in [0.15, 0.2) is 29.3 Å². The fraction of sp³-hybridized carbons (Fsp3) is 0.667. The number of benzene rings is 1. The summed E-state index contributed by atoms with van der Waals surface area (Å²) in [6.07, 6.45) is 2.97. The lowest BCUT2D eigenvalue weighted by molar-refractivity contribution is 0.111. The van der Waals surface area contributed by atoms with Gasteiger partial charge in [-0.05, 0) is 43.2 Å². The lowest BCUT2D eigenvalue weighted by Crippen LogP contribution is -2.40. The van der Waals surface area contributed by atoms with Gasteiger partial charge in [-0.1, -0.05) is 38.1 Å². The number of fused-ring (bicyclic) bond motifs is 1. The topological polar surface area (TPSA) is 59.9 Å². The molecule has 1 atom stereocenters. The summed E-state index contributed by atoms with van der Waals surface area (Å²) in [6.45, 7) is 11.3. The molecule has 1 unspecified atom stereocenters. The summed E-state index contributed by atoms with van der Waals surface area (Å²) in [6, 6.07) is 8.60. The molecule has 0 saturated carbocycles. The van der Waals surface area contributed by atoms with Gasteiger partial charge in [-0.3, -0.25) is 9.89 Å². The van der Waals surface area contributed by atoms with E-state index < -0.39 is 6.10 Å². The van der Waals surface area contributed by atoms with E-state index in [4.69, 9.17) is 0 Å². The van der Waals surface area contributed by atoms with Gasteiger partial charge in [0.05, 0.1) is 12.6 Å². The predicted octanol–water partition coefficient (Wildman–Crippen LogP) is 2.40. The van der Waals surface area contributed by atoms with Crippen LogP contribution in [-0.2, 0) is 13.0 Å². The van der Waals surface area contributed by atoms with E-state index in [1.54, 1.807) is 0 Å². The van der Waals surface area contributed by atoms with Crippen LogP contribution >= 0.6 is 0 Å². The van der Waals surface area contributed by atoms with Crippen molar-refractivity contribution in [2.75, 3.05) is 32.7 Å². The average molecular weight is 361 g/mol. The first-order valence-corrected chi connectivity index (χ1v) is 10.1. The molecule has 5 nitrogen and oxygen atoms in total. The number of rotatable bonds is 9. The largest absolute Gasteiger partial charge is 0.390 e. The summed E-state index contributed by atoms with van der Waals surface area (Å²) >= 11 is 0. The van der Waals surface area contributed by atoms with E-state index in [2.05, 4.69) is 65.6 Å². The van der Waals surface area contributed by atoms with Gasteiger partial charge in [0.25, 0.3) is 0 Å². The number of β-amino-alcohol motifs (C(OH)–C–C–N with tert-alkyl or cyclic N) is 1. The molecule has 1 aliphatic rings. The molecule has 0 aliphatic carbocycles. The lowest BCUT2D eigenvalue weighted by atomic mass is 10.00. The second kappa shape index (κ2) is 11.2. The number of nitrogens with zero attached hydrogens (tertiary/aromatic N) is 2. The van der Waals surface area contributed by atoms with Crippen molar-refractivity contribution in [2.24, 2.45) is 10.9 Å². The second-order valence-corrected chi connectivity index (χ2v) is 7.59. The van der Waals surface area contributed by atoms with E-state index in [-0.39, 0.29) is 0 Å².